The van der Waals surface area contributed by atoms with E-state index in [9.17, 15) is 0 Å². The molecular weight excluding hydrogens is 467 g/mol. The van der Waals surface area contributed by atoms with Gasteiger partial charge in [-0.15, -0.1) is 24.8 Å². The van der Waals surface area contributed by atoms with Crippen molar-refractivity contribution in [2.24, 2.45) is 11.5 Å². The summed E-state index contributed by atoms with van der Waals surface area (Å²) in [7, 11) is 0. The molecule has 154 valence electrons. The molecule has 9 heteroatoms. The minimum atomic E-state index is 0. The van der Waals surface area contributed by atoms with Crippen LogP contribution < -0.4 is 20.9 Å². The molecular formula is C19H25BrCl2N4O2. The Balaban J connectivity index is 0.00000364. The van der Waals surface area contributed by atoms with Gasteiger partial charge < -0.3 is 20.9 Å². The average molecular weight is 492 g/mol. The summed E-state index contributed by atoms with van der Waals surface area (Å²) in [6, 6.07) is 12.6. The lowest BCUT2D eigenvalue weighted by molar-refractivity contribution is 0.279. The number of benzene rings is 2. The molecule has 0 spiro atoms. The van der Waals surface area contributed by atoms with Gasteiger partial charge in [0, 0.05) is 15.6 Å². The van der Waals surface area contributed by atoms with Gasteiger partial charge in [-0.2, -0.15) is 0 Å². The number of amidine groups is 2. The third kappa shape index (κ3) is 8.37. The number of hydrogen-bond acceptors (Lipinski definition) is 4. The third-order valence-corrected chi connectivity index (χ3v) is 4.38. The molecule has 6 nitrogen and oxygen atoms in total. The molecule has 0 atom stereocenters. The highest BCUT2D eigenvalue weighted by Crippen LogP contribution is 2.23. The van der Waals surface area contributed by atoms with Crippen LogP contribution in [0.4, 0.5) is 0 Å². The molecule has 0 bridgehead atoms. The predicted molar refractivity (Wildman–Crippen MR) is 122 cm³/mol. The lowest BCUT2D eigenvalue weighted by Crippen LogP contribution is -2.11. The van der Waals surface area contributed by atoms with Crippen LogP contribution in [0.1, 0.15) is 30.4 Å². The summed E-state index contributed by atoms with van der Waals surface area (Å²) < 4.78 is 12.1. The number of unbranched alkanes of at least 4 members (excludes halogenated alkanes) is 2. The smallest absolute Gasteiger partial charge is 0.123 e. The quantitative estimate of drug-likeness (QED) is 0.222. The summed E-state index contributed by atoms with van der Waals surface area (Å²) in [4.78, 5) is 0. The van der Waals surface area contributed by atoms with Crippen LogP contribution in [0.2, 0.25) is 0 Å². The van der Waals surface area contributed by atoms with Crippen molar-refractivity contribution in [2.75, 3.05) is 13.2 Å². The van der Waals surface area contributed by atoms with Gasteiger partial charge in [-0.05, 0) is 77.7 Å². The predicted octanol–water partition coefficient (Wildman–Crippen LogP) is 4.49. The van der Waals surface area contributed by atoms with Crippen molar-refractivity contribution in [3.05, 3.63) is 58.1 Å². The van der Waals surface area contributed by atoms with Gasteiger partial charge in [0.15, 0.2) is 0 Å². The second kappa shape index (κ2) is 13.3. The molecule has 0 aliphatic carbocycles. The largest absolute Gasteiger partial charge is 0.494 e. The summed E-state index contributed by atoms with van der Waals surface area (Å²) in [5, 5.41) is 14.8. The zero-order chi connectivity index (χ0) is 18.9. The van der Waals surface area contributed by atoms with Crippen molar-refractivity contribution in [1.29, 1.82) is 10.8 Å². The molecule has 6 N–H and O–H groups in total. The zero-order valence-corrected chi connectivity index (χ0v) is 18.5. The van der Waals surface area contributed by atoms with Crippen LogP contribution in [0.25, 0.3) is 0 Å². The first kappa shape index (κ1) is 26.0. The highest BCUT2D eigenvalue weighted by Gasteiger charge is 2.04. The van der Waals surface area contributed by atoms with E-state index in [-0.39, 0.29) is 36.5 Å². The number of halogens is 3. The topological polar surface area (TPSA) is 118 Å². The van der Waals surface area contributed by atoms with E-state index in [4.69, 9.17) is 31.8 Å². The standard InChI is InChI=1S/C19H23BrN4O2.2ClH/c20-17-12-15(8-9-16(17)19(23)24)26-11-3-1-2-10-25-14-6-4-13(5-7-14)18(21)22;;/h4-9,12H,1-3,10-11H2,(H3,21,22)(H3,23,24);2*1H. The summed E-state index contributed by atoms with van der Waals surface area (Å²) in [6.45, 7) is 1.26. The first-order chi connectivity index (χ1) is 12.5. The fraction of sp³-hybridized carbons (Fsp3) is 0.263. The Morgan fingerprint density at radius 2 is 1.32 bits per heavy atom. The van der Waals surface area contributed by atoms with E-state index < -0.39 is 0 Å². The van der Waals surface area contributed by atoms with E-state index in [1.165, 1.54) is 0 Å². The van der Waals surface area contributed by atoms with Gasteiger partial charge in [-0.1, -0.05) is 0 Å². The molecule has 0 unspecified atom stereocenters. The maximum atomic E-state index is 7.45. The van der Waals surface area contributed by atoms with Crippen LogP contribution in [0.3, 0.4) is 0 Å². The molecule has 2 aromatic carbocycles. The Labute approximate surface area is 185 Å². The molecule has 28 heavy (non-hydrogen) atoms. The van der Waals surface area contributed by atoms with Gasteiger partial charge in [-0.25, -0.2) is 0 Å². The molecule has 0 aromatic heterocycles. The Bertz CT molecular complexity index is 773. The van der Waals surface area contributed by atoms with E-state index in [0.29, 0.717) is 24.3 Å². The highest BCUT2D eigenvalue weighted by atomic mass is 79.9. The normalized spacial score (nSPS) is 9.61. The molecule has 2 aromatic rings. The van der Waals surface area contributed by atoms with Crippen LogP contribution >= 0.6 is 40.7 Å². The number of rotatable bonds is 10. The van der Waals surface area contributed by atoms with Crippen LogP contribution in [-0.2, 0) is 0 Å². The lowest BCUT2D eigenvalue weighted by atomic mass is 10.2. The number of hydrogen-bond donors (Lipinski definition) is 4. The first-order valence-corrected chi connectivity index (χ1v) is 9.10. The molecule has 0 amide bonds. The van der Waals surface area contributed by atoms with E-state index in [1.54, 1.807) is 18.2 Å². The van der Waals surface area contributed by atoms with Gasteiger partial charge in [-0.3, -0.25) is 10.8 Å². The number of nitrogens with one attached hydrogen (secondary N) is 2. The van der Waals surface area contributed by atoms with Gasteiger partial charge in [0.25, 0.3) is 0 Å². The highest BCUT2D eigenvalue weighted by molar-refractivity contribution is 9.10. The third-order valence-electron chi connectivity index (χ3n) is 3.72. The van der Waals surface area contributed by atoms with E-state index in [0.717, 1.165) is 35.2 Å². The van der Waals surface area contributed by atoms with Crippen LogP contribution in [0.15, 0.2) is 46.9 Å². The van der Waals surface area contributed by atoms with Crippen LogP contribution in [0.5, 0.6) is 11.5 Å². The van der Waals surface area contributed by atoms with Gasteiger partial charge in [0.2, 0.25) is 0 Å². The van der Waals surface area contributed by atoms with Gasteiger partial charge in [0.05, 0.1) is 13.2 Å². The molecule has 0 fully saturated rings. The minimum Gasteiger partial charge on any atom is -0.494 e. The minimum absolute atomic E-state index is 0. The number of nitrogens with two attached hydrogens (primary N) is 2. The summed E-state index contributed by atoms with van der Waals surface area (Å²) in [6.07, 6.45) is 2.86. The van der Waals surface area contributed by atoms with Crippen LogP contribution in [0, 0.1) is 10.8 Å². The van der Waals surface area contributed by atoms with Crippen molar-refractivity contribution in [3.8, 4) is 11.5 Å². The Morgan fingerprint density at radius 1 is 0.786 bits per heavy atom. The lowest BCUT2D eigenvalue weighted by Gasteiger charge is -2.09. The molecule has 2 rings (SSSR count). The second-order valence-corrected chi connectivity index (χ2v) is 6.61. The van der Waals surface area contributed by atoms with Gasteiger partial charge in [0.1, 0.15) is 23.2 Å². The fourth-order valence-electron chi connectivity index (χ4n) is 2.30. The Hall–Kier alpha value is -1.96. The zero-order valence-electron chi connectivity index (χ0n) is 15.2. The summed E-state index contributed by atoms with van der Waals surface area (Å²) in [5.74, 6) is 1.62. The first-order valence-electron chi connectivity index (χ1n) is 8.31. The molecule has 0 aliphatic heterocycles. The van der Waals surface area contributed by atoms with E-state index >= 15 is 0 Å². The second-order valence-electron chi connectivity index (χ2n) is 5.75. The van der Waals surface area contributed by atoms with E-state index in [1.807, 2.05) is 24.3 Å². The Kier molecular flexibility index (Phi) is 12.3. The van der Waals surface area contributed by atoms with Gasteiger partial charge >= 0.3 is 0 Å². The van der Waals surface area contributed by atoms with Crippen molar-refractivity contribution in [2.45, 2.75) is 19.3 Å². The molecule has 0 saturated carbocycles. The summed E-state index contributed by atoms with van der Waals surface area (Å²) >= 11 is 3.39. The van der Waals surface area contributed by atoms with Crippen molar-refractivity contribution >= 4 is 52.4 Å². The molecule has 0 heterocycles. The monoisotopic (exact) mass is 490 g/mol. The number of ether oxygens (including phenoxy) is 2. The van der Waals surface area contributed by atoms with E-state index in [2.05, 4.69) is 15.9 Å². The fourth-order valence-corrected chi connectivity index (χ4v) is 2.87. The summed E-state index contributed by atoms with van der Waals surface area (Å²) in [5.41, 5.74) is 12.2. The van der Waals surface area contributed by atoms with Crippen molar-refractivity contribution in [1.82, 2.24) is 0 Å². The molecule has 0 radical (unpaired) electrons. The SMILES string of the molecule is Cl.Cl.N=C(N)c1ccc(OCCCCCOc2ccc(C(=N)N)c(Br)c2)cc1. The van der Waals surface area contributed by atoms with Crippen molar-refractivity contribution < 1.29 is 9.47 Å². The maximum Gasteiger partial charge on any atom is 0.123 e. The Morgan fingerprint density at radius 3 is 1.82 bits per heavy atom. The molecule has 0 aliphatic rings. The average Bonchev–Trinajstić information content (AvgIpc) is 2.61. The molecule has 0 saturated heterocycles. The maximum absolute atomic E-state index is 7.45. The number of nitrogen functional groups attached to an aromatic ring is 2. The van der Waals surface area contributed by atoms with Crippen molar-refractivity contribution in [3.63, 3.8) is 0 Å². The van der Waals surface area contributed by atoms with Crippen LogP contribution in [-0.4, -0.2) is 24.9 Å².